The Bertz CT molecular complexity index is 600. The van der Waals surface area contributed by atoms with Crippen molar-refractivity contribution in [1.29, 1.82) is 0 Å². The van der Waals surface area contributed by atoms with E-state index in [1.54, 1.807) is 11.3 Å². The van der Waals surface area contributed by atoms with Crippen LogP contribution in [0.1, 0.15) is 29.8 Å². The van der Waals surface area contributed by atoms with Gasteiger partial charge in [0, 0.05) is 43.2 Å². The van der Waals surface area contributed by atoms with Gasteiger partial charge in [0.25, 0.3) is 0 Å². The van der Waals surface area contributed by atoms with Crippen LogP contribution in [-0.2, 0) is 17.7 Å². The summed E-state index contributed by atoms with van der Waals surface area (Å²) in [5.74, 6) is 0.821. The molecule has 23 heavy (non-hydrogen) atoms. The molecule has 0 bridgehead atoms. The number of aromatic nitrogens is 2. The number of likely N-dealkylation sites (tertiary alicyclic amines) is 1. The summed E-state index contributed by atoms with van der Waals surface area (Å²) < 4.78 is 6.28. The third-order valence-electron chi connectivity index (χ3n) is 4.83. The lowest BCUT2D eigenvalue weighted by molar-refractivity contribution is 0.0196. The minimum absolute atomic E-state index is 0.343. The van der Waals surface area contributed by atoms with Crippen LogP contribution in [0.3, 0.4) is 0 Å². The van der Waals surface area contributed by atoms with E-state index in [9.17, 15) is 0 Å². The second kappa shape index (κ2) is 7.07. The quantitative estimate of drug-likeness (QED) is 0.782. The minimum Gasteiger partial charge on any atom is -0.376 e. The summed E-state index contributed by atoms with van der Waals surface area (Å²) in [7, 11) is 0. The maximum atomic E-state index is 6.28. The second-order valence-electron chi connectivity index (χ2n) is 6.63. The summed E-state index contributed by atoms with van der Waals surface area (Å²) >= 11 is 1.74. The van der Waals surface area contributed by atoms with Crippen molar-refractivity contribution in [2.45, 2.75) is 44.4 Å². The Morgan fingerprint density at radius 2 is 2.22 bits per heavy atom. The number of ether oxygens (including phenoxy) is 1. The van der Waals surface area contributed by atoms with Gasteiger partial charge < -0.3 is 4.74 Å². The lowest BCUT2D eigenvalue weighted by Gasteiger charge is -2.27. The maximum absolute atomic E-state index is 6.28. The van der Waals surface area contributed by atoms with Gasteiger partial charge in [-0.15, -0.1) is 11.3 Å². The molecular weight excluding hydrogens is 306 g/mol. The van der Waals surface area contributed by atoms with Crippen LogP contribution in [-0.4, -0.2) is 40.2 Å². The Morgan fingerprint density at radius 1 is 1.26 bits per heavy atom. The summed E-state index contributed by atoms with van der Waals surface area (Å²) in [5.41, 5.74) is 1.29. The van der Waals surface area contributed by atoms with Gasteiger partial charge in [0.1, 0.15) is 5.01 Å². The van der Waals surface area contributed by atoms with E-state index in [0.717, 1.165) is 38.5 Å². The Hall–Kier alpha value is -1.30. The number of nitrogens with zero attached hydrogens (tertiary/aromatic N) is 3. The third-order valence-corrected chi connectivity index (χ3v) is 5.60. The fraction of sp³-hybridized carbons (Fsp3) is 0.556. The molecule has 2 fully saturated rings. The van der Waals surface area contributed by atoms with Crippen molar-refractivity contribution in [3.05, 3.63) is 46.7 Å². The molecule has 0 unspecified atom stereocenters. The number of thiazole rings is 1. The smallest absolute Gasteiger partial charge is 0.107 e. The van der Waals surface area contributed by atoms with Crippen molar-refractivity contribution in [2.75, 3.05) is 13.2 Å². The second-order valence-corrected chi connectivity index (χ2v) is 7.61. The molecule has 0 radical (unpaired) electrons. The van der Waals surface area contributed by atoms with Crippen molar-refractivity contribution in [3.63, 3.8) is 0 Å². The highest BCUT2D eigenvalue weighted by Crippen LogP contribution is 2.32. The van der Waals surface area contributed by atoms with E-state index in [-0.39, 0.29) is 0 Å². The first kappa shape index (κ1) is 15.2. The summed E-state index contributed by atoms with van der Waals surface area (Å²) in [6.07, 6.45) is 10.9. The SMILES string of the molecule is c1cncc(C[C@@H]2[C@H](OCC3CC3)CCN2Cc2nccs2)c1. The molecule has 2 aromatic rings. The highest BCUT2D eigenvalue weighted by atomic mass is 32.1. The Morgan fingerprint density at radius 3 is 2.96 bits per heavy atom. The minimum atomic E-state index is 0.343. The first-order chi connectivity index (χ1) is 11.4. The van der Waals surface area contributed by atoms with Gasteiger partial charge in [-0.3, -0.25) is 9.88 Å². The predicted octanol–water partition coefficient (Wildman–Crippen LogP) is 3.15. The van der Waals surface area contributed by atoms with Gasteiger partial charge >= 0.3 is 0 Å². The standard InChI is InChI=1S/C18H23N3OS/c1-2-15(11-19-6-1)10-16-17(22-13-14-3-4-14)5-8-21(16)12-18-20-7-9-23-18/h1-2,6-7,9,11,14,16-17H,3-5,8,10,12-13H2/t16-,17-/m1/s1. The molecule has 2 atom stereocenters. The van der Waals surface area contributed by atoms with Crippen LogP contribution in [0.2, 0.25) is 0 Å². The summed E-state index contributed by atoms with van der Waals surface area (Å²) in [4.78, 5) is 11.3. The first-order valence-electron chi connectivity index (χ1n) is 8.51. The topological polar surface area (TPSA) is 38.2 Å². The molecular formula is C18H23N3OS. The molecule has 0 amide bonds. The van der Waals surface area contributed by atoms with E-state index in [0.29, 0.717) is 12.1 Å². The third kappa shape index (κ3) is 3.97. The molecule has 3 heterocycles. The monoisotopic (exact) mass is 329 g/mol. The van der Waals surface area contributed by atoms with E-state index >= 15 is 0 Å². The van der Waals surface area contributed by atoms with E-state index in [1.165, 1.54) is 23.4 Å². The molecule has 0 aromatic carbocycles. The van der Waals surface area contributed by atoms with Crippen LogP contribution >= 0.6 is 11.3 Å². The van der Waals surface area contributed by atoms with Gasteiger partial charge in [-0.25, -0.2) is 4.98 Å². The molecule has 4 rings (SSSR count). The van der Waals surface area contributed by atoms with Crippen molar-refractivity contribution in [3.8, 4) is 0 Å². The van der Waals surface area contributed by atoms with Crippen molar-refractivity contribution in [1.82, 2.24) is 14.9 Å². The van der Waals surface area contributed by atoms with Gasteiger partial charge in [0.2, 0.25) is 0 Å². The largest absolute Gasteiger partial charge is 0.376 e. The van der Waals surface area contributed by atoms with Crippen LogP contribution in [0.5, 0.6) is 0 Å². The maximum Gasteiger partial charge on any atom is 0.107 e. The van der Waals surface area contributed by atoms with Gasteiger partial charge in [-0.05, 0) is 43.2 Å². The van der Waals surface area contributed by atoms with Crippen LogP contribution < -0.4 is 0 Å². The average molecular weight is 329 g/mol. The molecule has 2 aliphatic rings. The highest BCUT2D eigenvalue weighted by molar-refractivity contribution is 7.09. The van der Waals surface area contributed by atoms with Crippen molar-refractivity contribution < 1.29 is 4.74 Å². The zero-order valence-electron chi connectivity index (χ0n) is 13.3. The van der Waals surface area contributed by atoms with Gasteiger partial charge in [-0.1, -0.05) is 6.07 Å². The molecule has 2 aromatic heterocycles. The summed E-state index contributed by atoms with van der Waals surface area (Å²) in [5, 5.41) is 3.26. The number of hydrogen-bond acceptors (Lipinski definition) is 5. The lowest BCUT2D eigenvalue weighted by Crippen LogP contribution is -2.38. The fourth-order valence-corrected chi connectivity index (χ4v) is 3.99. The molecule has 5 heteroatoms. The van der Waals surface area contributed by atoms with Crippen LogP contribution in [0.4, 0.5) is 0 Å². The average Bonchev–Trinajstić information content (AvgIpc) is 3.13. The molecule has 0 spiro atoms. The number of hydrogen-bond donors (Lipinski definition) is 0. The number of pyridine rings is 1. The van der Waals surface area contributed by atoms with E-state index in [2.05, 4.69) is 26.3 Å². The van der Waals surface area contributed by atoms with E-state index in [4.69, 9.17) is 4.74 Å². The van der Waals surface area contributed by atoms with Crippen LogP contribution in [0.15, 0.2) is 36.1 Å². The fourth-order valence-electron chi connectivity index (χ4n) is 3.35. The van der Waals surface area contributed by atoms with Gasteiger partial charge in [0.05, 0.1) is 12.6 Å². The molecule has 122 valence electrons. The molecule has 1 saturated carbocycles. The van der Waals surface area contributed by atoms with Crippen LogP contribution in [0, 0.1) is 5.92 Å². The first-order valence-corrected chi connectivity index (χ1v) is 9.39. The molecule has 0 N–H and O–H groups in total. The van der Waals surface area contributed by atoms with E-state index < -0.39 is 0 Å². The summed E-state index contributed by atoms with van der Waals surface area (Å²) in [6.45, 7) is 2.98. The highest BCUT2D eigenvalue weighted by Gasteiger charge is 2.36. The molecule has 1 aliphatic carbocycles. The zero-order valence-corrected chi connectivity index (χ0v) is 14.1. The lowest BCUT2D eigenvalue weighted by atomic mass is 10.0. The van der Waals surface area contributed by atoms with Gasteiger partial charge in [0.15, 0.2) is 0 Å². The van der Waals surface area contributed by atoms with Crippen molar-refractivity contribution >= 4 is 11.3 Å². The Balaban J connectivity index is 1.45. The number of rotatable bonds is 7. The predicted molar refractivity (Wildman–Crippen MR) is 91.3 cm³/mol. The summed E-state index contributed by atoms with van der Waals surface area (Å²) in [6, 6.07) is 4.63. The van der Waals surface area contributed by atoms with Gasteiger partial charge in [-0.2, -0.15) is 0 Å². The molecule has 1 aliphatic heterocycles. The van der Waals surface area contributed by atoms with Crippen molar-refractivity contribution in [2.24, 2.45) is 5.92 Å². The van der Waals surface area contributed by atoms with Crippen LogP contribution in [0.25, 0.3) is 0 Å². The Kier molecular flexibility index (Phi) is 4.69. The normalized spacial score (nSPS) is 25.0. The van der Waals surface area contributed by atoms with E-state index in [1.807, 2.05) is 24.7 Å². The molecule has 1 saturated heterocycles. The molecule has 4 nitrogen and oxygen atoms in total. The zero-order chi connectivity index (χ0) is 15.5. The Labute approximate surface area is 141 Å².